The number of aromatic nitrogens is 7. The lowest BCUT2D eigenvalue weighted by Crippen LogP contribution is -2.09. The molecule has 0 aromatic carbocycles. The van der Waals surface area contributed by atoms with Crippen molar-refractivity contribution in [2.45, 2.75) is 19.0 Å². The molecule has 0 amide bonds. The molecule has 4 aromatic rings. The van der Waals surface area contributed by atoms with Crippen LogP contribution in [-0.2, 0) is 6.42 Å². The standard InChI is InChI=1S/C17H11BrF3N7/c18-10-8-24-15(25-9-10)16-26-13(3-5-17(19,20)21)27-28(16)12-4-7-22-11-2-1-6-23-14(11)12/h1-2,4,6-9H,3,5H2. The van der Waals surface area contributed by atoms with Crippen molar-refractivity contribution in [3.63, 3.8) is 0 Å². The molecule has 0 aliphatic heterocycles. The highest BCUT2D eigenvalue weighted by Gasteiger charge is 2.28. The maximum absolute atomic E-state index is 12.6. The van der Waals surface area contributed by atoms with Gasteiger partial charge in [-0.2, -0.15) is 18.3 Å². The number of aryl methyl sites for hydroxylation is 1. The second-order valence-corrected chi connectivity index (χ2v) is 6.72. The molecule has 7 nitrogen and oxygen atoms in total. The Balaban J connectivity index is 1.86. The van der Waals surface area contributed by atoms with Crippen LogP contribution in [0, 0.1) is 0 Å². The van der Waals surface area contributed by atoms with Gasteiger partial charge in [-0.05, 0) is 34.1 Å². The maximum Gasteiger partial charge on any atom is 0.389 e. The van der Waals surface area contributed by atoms with Crippen molar-refractivity contribution in [3.05, 3.63) is 53.3 Å². The lowest BCUT2D eigenvalue weighted by molar-refractivity contribution is -0.134. The van der Waals surface area contributed by atoms with E-state index in [2.05, 4.69) is 45.9 Å². The van der Waals surface area contributed by atoms with Crippen molar-refractivity contribution in [3.8, 4) is 17.3 Å². The first-order chi connectivity index (χ1) is 13.4. The summed E-state index contributed by atoms with van der Waals surface area (Å²) in [6.07, 6.45) is 0.556. The molecule has 0 aliphatic carbocycles. The fourth-order valence-electron chi connectivity index (χ4n) is 2.59. The summed E-state index contributed by atoms with van der Waals surface area (Å²) in [6.45, 7) is 0. The Morgan fingerprint density at radius 3 is 2.54 bits per heavy atom. The lowest BCUT2D eigenvalue weighted by atomic mass is 10.3. The molecule has 4 rings (SSSR count). The van der Waals surface area contributed by atoms with Gasteiger partial charge in [0.15, 0.2) is 11.6 Å². The van der Waals surface area contributed by atoms with E-state index in [1.807, 2.05) is 0 Å². The third kappa shape index (κ3) is 3.84. The second kappa shape index (κ2) is 7.23. The maximum atomic E-state index is 12.6. The number of halogens is 4. The van der Waals surface area contributed by atoms with E-state index in [1.165, 1.54) is 17.1 Å². The molecular weight excluding hydrogens is 439 g/mol. The van der Waals surface area contributed by atoms with Crippen molar-refractivity contribution >= 4 is 27.0 Å². The zero-order valence-electron chi connectivity index (χ0n) is 14.1. The number of pyridine rings is 2. The summed E-state index contributed by atoms with van der Waals surface area (Å²) in [6, 6.07) is 5.19. The highest BCUT2D eigenvalue weighted by Crippen LogP contribution is 2.25. The van der Waals surface area contributed by atoms with Gasteiger partial charge in [0.05, 0.1) is 22.1 Å². The summed E-state index contributed by atoms with van der Waals surface area (Å²) in [4.78, 5) is 21.2. The molecule has 0 fully saturated rings. The van der Waals surface area contributed by atoms with Gasteiger partial charge in [0.1, 0.15) is 5.52 Å². The minimum atomic E-state index is -4.30. The van der Waals surface area contributed by atoms with Crippen LogP contribution in [0.5, 0.6) is 0 Å². The van der Waals surface area contributed by atoms with Crippen LogP contribution < -0.4 is 0 Å². The Morgan fingerprint density at radius 1 is 1.00 bits per heavy atom. The molecule has 11 heteroatoms. The highest BCUT2D eigenvalue weighted by molar-refractivity contribution is 9.10. The monoisotopic (exact) mass is 449 g/mol. The topological polar surface area (TPSA) is 82.3 Å². The third-order valence-electron chi connectivity index (χ3n) is 3.81. The van der Waals surface area contributed by atoms with E-state index < -0.39 is 12.6 Å². The molecule has 4 heterocycles. The molecule has 0 bridgehead atoms. The fraction of sp³-hybridized carbons (Fsp3) is 0.176. The fourth-order valence-corrected chi connectivity index (χ4v) is 2.80. The van der Waals surface area contributed by atoms with Gasteiger partial charge in [-0.1, -0.05) is 0 Å². The first-order valence-electron chi connectivity index (χ1n) is 8.11. The highest BCUT2D eigenvalue weighted by atomic mass is 79.9. The van der Waals surface area contributed by atoms with Gasteiger partial charge in [0, 0.05) is 31.2 Å². The molecule has 4 aromatic heterocycles. The number of rotatable bonds is 4. The molecule has 142 valence electrons. The summed E-state index contributed by atoms with van der Waals surface area (Å²) in [5.74, 6) is 0.498. The molecule has 0 saturated carbocycles. The Morgan fingerprint density at radius 2 is 1.79 bits per heavy atom. The van der Waals surface area contributed by atoms with E-state index in [4.69, 9.17) is 0 Å². The van der Waals surface area contributed by atoms with E-state index in [9.17, 15) is 13.2 Å². The summed E-state index contributed by atoms with van der Waals surface area (Å²) in [5, 5.41) is 4.28. The summed E-state index contributed by atoms with van der Waals surface area (Å²) < 4.78 is 40.0. The smallest absolute Gasteiger partial charge is 0.254 e. The first kappa shape index (κ1) is 18.4. The number of alkyl halides is 3. The van der Waals surface area contributed by atoms with E-state index in [0.29, 0.717) is 21.2 Å². The van der Waals surface area contributed by atoms with Crippen LogP contribution >= 0.6 is 15.9 Å². The molecule has 0 N–H and O–H groups in total. The van der Waals surface area contributed by atoms with Crippen molar-refractivity contribution in [1.29, 1.82) is 0 Å². The van der Waals surface area contributed by atoms with E-state index in [-0.39, 0.29) is 23.9 Å². The quantitative estimate of drug-likeness (QED) is 0.469. The Labute approximate surface area is 164 Å². The van der Waals surface area contributed by atoms with Crippen LogP contribution in [0.4, 0.5) is 13.2 Å². The second-order valence-electron chi connectivity index (χ2n) is 5.80. The van der Waals surface area contributed by atoms with Crippen molar-refractivity contribution in [2.24, 2.45) is 0 Å². The summed E-state index contributed by atoms with van der Waals surface area (Å²) in [7, 11) is 0. The predicted molar refractivity (Wildman–Crippen MR) is 97.6 cm³/mol. The first-order valence-corrected chi connectivity index (χ1v) is 8.91. The van der Waals surface area contributed by atoms with Gasteiger partial charge in [0.25, 0.3) is 0 Å². The molecule has 0 atom stereocenters. The largest absolute Gasteiger partial charge is 0.389 e. The molecule has 0 aliphatic rings. The van der Waals surface area contributed by atoms with Gasteiger partial charge >= 0.3 is 6.18 Å². The van der Waals surface area contributed by atoms with E-state index in [1.54, 1.807) is 30.6 Å². The molecular formula is C17H11BrF3N7. The van der Waals surface area contributed by atoms with Crippen molar-refractivity contribution in [2.75, 3.05) is 0 Å². The molecule has 0 spiro atoms. The van der Waals surface area contributed by atoms with Gasteiger partial charge < -0.3 is 0 Å². The Kier molecular flexibility index (Phi) is 4.75. The SMILES string of the molecule is FC(F)(F)CCc1nc(-c2ncc(Br)cn2)n(-c2ccnc3cccnc23)n1. The van der Waals surface area contributed by atoms with Gasteiger partial charge in [0.2, 0.25) is 5.82 Å². The summed E-state index contributed by atoms with van der Waals surface area (Å²) >= 11 is 3.25. The van der Waals surface area contributed by atoms with Crippen LogP contribution in [0.2, 0.25) is 0 Å². The third-order valence-corrected chi connectivity index (χ3v) is 4.22. The Hall–Kier alpha value is -2.95. The number of nitrogens with zero attached hydrogens (tertiary/aromatic N) is 7. The van der Waals surface area contributed by atoms with Gasteiger partial charge in [-0.25, -0.2) is 19.6 Å². The zero-order chi connectivity index (χ0) is 19.7. The number of hydrogen-bond donors (Lipinski definition) is 0. The molecule has 0 radical (unpaired) electrons. The zero-order valence-corrected chi connectivity index (χ0v) is 15.7. The van der Waals surface area contributed by atoms with Crippen LogP contribution in [0.1, 0.15) is 12.2 Å². The number of fused-ring (bicyclic) bond motifs is 1. The molecule has 0 saturated heterocycles. The van der Waals surface area contributed by atoms with Crippen LogP contribution in [0.15, 0.2) is 47.5 Å². The summed E-state index contributed by atoms with van der Waals surface area (Å²) in [5.41, 5.74) is 1.68. The average molecular weight is 450 g/mol. The van der Waals surface area contributed by atoms with Crippen LogP contribution in [-0.4, -0.2) is 40.9 Å². The Bertz CT molecular complexity index is 1120. The average Bonchev–Trinajstić information content (AvgIpc) is 3.10. The van der Waals surface area contributed by atoms with Crippen molar-refractivity contribution < 1.29 is 13.2 Å². The molecule has 0 unspecified atom stereocenters. The van der Waals surface area contributed by atoms with Gasteiger partial charge in [-0.3, -0.25) is 9.97 Å². The van der Waals surface area contributed by atoms with E-state index >= 15 is 0 Å². The van der Waals surface area contributed by atoms with Crippen molar-refractivity contribution in [1.82, 2.24) is 34.7 Å². The molecule has 28 heavy (non-hydrogen) atoms. The normalized spacial score (nSPS) is 11.9. The van der Waals surface area contributed by atoms with Crippen LogP contribution in [0.25, 0.3) is 28.4 Å². The minimum Gasteiger partial charge on any atom is -0.254 e. The van der Waals surface area contributed by atoms with Gasteiger partial charge in [-0.15, -0.1) is 0 Å². The van der Waals surface area contributed by atoms with E-state index in [0.717, 1.165) is 0 Å². The predicted octanol–water partition coefficient (Wildman–Crippen LogP) is 3.92. The van der Waals surface area contributed by atoms with Crippen LogP contribution in [0.3, 0.4) is 0 Å². The lowest BCUT2D eigenvalue weighted by Gasteiger charge is -2.07. The minimum absolute atomic E-state index is 0.0414. The number of hydrogen-bond acceptors (Lipinski definition) is 6.